The van der Waals surface area contributed by atoms with Crippen LogP contribution in [0.2, 0.25) is 0 Å². The highest BCUT2D eigenvalue weighted by molar-refractivity contribution is 5.71. The zero-order valence-electron chi connectivity index (χ0n) is 17.1. The van der Waals surface area contributed by atoms with Gasteiger partial charge in [-0.1, -0.05) is 19.1 Å². The van der Waals surface area contributed by atoms with Gasteiger partial charge in [0.25, 0.3) is 0 Å². The lowest BCUT2D eigenvalue weighted by molar-refractivity contribution is -0.142. The van der Waals surface area contributed by atoms with E-state index in [0.29, 0.717) is 23.8 Å². The fourth-order valence-electron chi connectivity index (χ4n) is 4.39. The van der Waals surface area contributed by atoms with E-state index in [2.05, 4.69) is 0 Å². The van der Waals surface area contributed by atoms with Gasteiger partial charge in [-0.3, -0.25) is 4.79 Å². The first-order valence-electron chi connectivity index (χ1n) is 10.4. The summed E-state index contributed by atoms with van der Waals surface area (Å²) in [6.07, 6.45) is 2.85. The maximum Gasteiger partial charge on any atom is 0.306 e. The predicted molar refractivity (Wildman–Crippen MR) is 108 cm³/mol. The lowest BCUT2D eigenvalue weighted by Crippen LogP contribution is -2.20. The summed E-state index contributed by atoms with van der Waals surface area (Å²) >= 11 is 0. The second kappa shape index (κ2) is 8.25. The first kappa shape index (κ1) is 20.6. The molecular formula is C24H26F2O4. The summed E-state index contributed by atoms with van der Waals surface area (Å²) in [6.45, 7) is 2.17. The predicted octanol–water partition coefficient (Wildman–Crippen LogP) is 5.37. The molecule has 4 nitrogen and oxygen atoms in total. The van der Waals surface area contributed by atoms with E-state index in [4.69, 9.17) is 9.47 Å². The van der Waals surface area contributed by atoms with Crippen LogP contribution in [0, 0.1) is 29.4 Å². The largest absolute Gasteiger partial charge is 0.494 e. The van der Waals surface area contributed by atoms with Gasteiger partial charge in [0.2, 0.25) is 0 Å². The Kier molecular flexibility index (Phi) is 5.67. The molecular weight excluding hydrogens is 390 g/mol. The van der Waals surface area contributed by atoms with Gasteiger partial charge < -0.3 is 14.6 Å². The van der Waals surface area contributed by atoms with Crippen molar-refractivity contribution in [3.63, 3.8) is 0 Å². The summed E-state index contributed by atoms with van der Waals surface area (Å²) in [5.74, 6) is -1.23. The number of aliphatic carboxylic acids is 1. The Hall–Kier alpha value is -2.63. The molecule has 2 saturated carbocycles. The number of rotatable bonds is 9. The van der Waals surface area contributed by atoms with E-state index in [9.17, 15) is 18.7 Å². The third-order valence-electron chi connectivity index (χ3n) is 6.36. The summed E-state index contributed by atoms with van der Waals surface area (Å²) in [5, 5.41) is 9.46. The van der Waals surface area contributed by atoms with Gasteiger partial charge >= 0.3 is 5.97 Å². The van der Waals surface area contributed by atoms with Gasteiger partial charge in [0, 0.05) is 12.0 Å². The van der Waals surface area contributed by atoms with E-state index >= 15 is 0 Å². The highest BCUT2D eigenvalue weighted by atomic mass is 19.1. The summed E-state index contributed by atoms with van der Waals surface area (Å²) in [5.41, 5.74) is 1.35. The van der Waals surface area contributed by atoms with Gasteiger partial charge in [-0.05, 0) is 66.3 Å². The molecule has 0 radical (unpaired) electrons. The molecule has 0 aromatic heterocycles. The SMILES string of the molecule is COc1cc(F)c([C@H]2C[C@@H]2COc2cccc([C@H](C3CC3)[C@H](C)C(=O)O)c2)cc1F. The van der Waals surface area contributed by atoms with Crippen molar-refractivity contribution in [2.75, 3.05) is 13.7 Å². The van der Waals surface area contributed by atoms with Gasteiger partial charge in [-0.2, -0.15) is 0 Å². The van der Waals surface area contributed by atoms with E-state index in [1.807, 2.05) is 24.3 Å². The highest BCUT2D eigenvalue weighted by Crippen LogP contribution is 2.50. The molecule has 4 atom stereocenters. The van der Waals surface area contributed by atoms with Crippen molar-refractivity contribution in [1.82, 2.24) is 0 Å². The molecule has 30 heavy (non-hydrogen) atoms. The van der Waals surface area contributed by atoms with Crippen LogP contribution < -0.4 is 9.47 Å². The van der Waals surface area contributed by atoms with Crippen LogP contribution >= 0.6 is 0 Å². The Bertz CT molecular complexity index is 941. The van der Waals surface area contributed by atoms with Crippen molar-refractivity contribution in [2.45, 2.75) is 38.0 Å². The van der Waals surface area contributed by atoms with Gasteiger partial charge in [0.05, 0.1) is 19.6 Å². The number of methoxy groups -OCH3 is 1. The van der Waals surface area contributed by atoms with Crippen LogP contribution in [0.1, 0.15) is 49.1 Å². The maximum atomic E-state index is 14.3. The number of carbonyl (C=O) groups is 1. The molecule has 0 bridgehead atoms. The lowest BCUT2D eigenvalue weighted by atomic mass is 9.83. The molecule has 2 aromatic rings. The number of halogens is 2. The molecule has 0 heterocycles. The minimum absolute atomic E-state index is 0.0175. The van der Waals surface area contributed by atoms with Crippen LogP contribution in [-0.4, -0.2) is 24.8 Å². The monoisotopic (exact) mass is 416 g/mol. The second-order valence-electron chi connectivity index (χ2n) is 8.48. The molecule has 2 aromatic carbocycles. The van der Waals surface area contributed by atoms with Crippen molar-refractivity contribution in [2.24, 2.45) is 17.8 Å². The van der Waals surface area contributed by atoms with E-state index in [-0.39, 0.29) is 23.5 Å². The quantitative estimate of drug-likeness (QED) is 0.597. The normalized spacial score (nSPS) is 22.3. The Balaban J connectivity index is 1.40. The summed E-state index contributed by atoms with van der Waals surface area (Å²) in [6, 6.07) is 9.93. The van der Waals surface area contributed by atoms with Crippen LogP contribution in [0.25, 0.3) is 0 Å². The van der Waals surface area contributed by atoms with Gasteiger partial charge in [-0.25, -0.2) is 8.78 Å². The number of carboxylic acids is 1. The second-order valence-corrected chi connectivity index (χ2v) is 8.48. The van der Waals surface area contributed by atoms with E-state index < -0.39 is 23.5 Å². The fourth-order valence-corrected chi connectivity index (χ4v) is 4.39. The molecule has 0 unspecified atom stereocenters. The molecule has 1 N–H and O–H groups in total. The van der Waals surface area contributed by atoms with Crippen LogP contribution in [0.3, 0.4) is 0 Å². The molecule has 0 aliphatic heterocycles. The summed E-state index contributed by atoms with van der Waals surface area (Å²) in [4.78, 5) is 11.5. The van der Waals surface area contributed by atoms with Gasteiger partial charge in [0.1, 0.15) is 11.6 Å². The van der Waals surface area contributed by atoms with Crippen molar-refractivity contribution >= 4 is 5.97 Å². The third-order valence-corrected chi connectivity index (χ3v) is 6.36. The van der Waals surface area contributed by atoms with Gasteiger partial charge in [-0.15, -0.1) is 0 Å². The molecule has 4 rings (SSSR count). The number of benzene rings is 2. The van der Waals surface area contributed by atoms with Crippen molar-refractivity contribution in [1.29, 1.82) is 0 Å². The Morgan fingerprint density at radius 1 is 1.20 bits per heavy atom. The zero-order chi connectivity index (χ0) is 21.4. The minimum atomic E-state index is -0.784. The first-order valence-corrected chi connectivity index (χ1v) is 10.4. The van der Waals surface area contributed by atoms with E-state index in [1.165, 1.54) is 13.2 Å². The van der Waals surface area contributed by atoms with Gasteiger partial charge in [0.15, 0.2) is 11.6 Å². The van der Waals surface area contributed by atoms with Crippen LogP contribution in [-0.2, 0) is 4.79 Å². The van der Waals surface area contributed by atoms with Crippen LogP contribution in [0.5, 0.6) is 11.5 Å². The zero-order valence-corrected chi connectivity index (χ0v) is 17.1. The number of carboxylic acid groups (broad SMARTS) is 1. The standard InChI is InChI=1S/C24H26F2O4/c1-13(24(27)28)23(14-6-7-14)15-4-3-5-17(8-15)30-12-16-9-18(16)19-10-21(26)22(29-2)11-20(19)25/h3-5,8,10-11,13-14,16,18,23H,6-7,9,12H2,1-2H3,(H,27,28)/t13-,16+,18-,23-/m0/s1. The average molecular weight is 416 g/mol. The first-order chi connectivity index (χ1) is 14.4. The van der Waals surface area contributed by atoms with Crippen molar-refractivity contribution in [3.8, 4) is 11.5 Å². The molecule has 0 amide bonds. The molecule has 0 spiro atoms. The summed E-state index contributed by atoms with van der Waals surface area (Å²) in [7, 11) is 1.31. The molecule has 0 saturated heterocycles. The van der Waals surface area contributed by atoms with Crippen LogP contribution in [0.15, 0.2) is 36.4 Å². The number of ether oxygens (including phenoxy) is 2. The third kappa shape index (κ3) is 4.27. The lowest BCUT2D eigenvalue weighted by Gasteiger charge is -2.21. The molecule has 6 heteroatoms. The Morgan fingerprint density at radius 2 is 1.97 bits per heavy atom. The van der Waals surface area contributed by atoms with E-state index in [0.717, 1.165) is 30.9 Å². The van der Waals surface area contributed by atoms with Crippen molar-refractivity contribution < 1.29 is 28.2 Å². The number of hydrogen-bond acceptors (Lipinski definition) is 3. The topological polar surface area (TPSA) is 55.8 Å². The molecule has 2 fully saturated rings. The fraction of sp³-hybridized carbons (Fsp3) is 0.458. The minimum Gasteiger partial charge on any atom is -0.494 e. The van der Waals surface area contributed by atoms with E-state index in [1.54, 1.807) is 6.92 Å². The smallest absolute Gasteiger partial charge is 0.306 e. The number of hydrogen-bond donors (Lipinski definition) is 1. The molecule has 160 valence electrons. The van der Waals surface area contributed by atoms with Crippen molar-refractivity contribution in [3.05, 3.63) is 59.2 Å². The average Bonchev–Trinajstić information content (AvgIpc) is 3.64. The highest BCUT2D eigenvalue weighted by Gasteiger charge is 2.41. The molecule has 2 aliphatic carbocycles. The van der Waals surface area contributed by atoms with Crippen LogP contribution in [0.4, 0.5) is 8.78 Å². The molecule has 2 aliphatic rings. The maximum absolute atomic E-state index is 14.3. The summed E-state index contributed by atoms with van der Waals surface area (Å²) < 4.78 is 39.0. The Labute approximate surface area is 174 Å². The Morgan fingerprint density at radius 3 is 2.63 bits per heavy atom.